The van der Waals surface area contributed by atoms with E-state index in [1.54, 1.807) is 18.4 Å². The Morgan fingerprint density at radius 2 is 2.32 bits per heavy atom. The first-order valence-corrected chi connectivity index (χ1v) is 7.28. The van der Waals surface area contributed by atoms with Crippen LogP contribution in [0.2, 0.25) is 0 Å². The number of fused-ring (bicyclic) bond motifs is 2. The Labute approximate surface area is 129 Å². The predicted octanol–water partition coefficient (Wildman–Crippen LogP) is 2.53. The van der Waals surface area contributed by atoms with Crippen molar-refractivity contribution < 1.29 is 4.84 Å². The Kier molecular flexibility index (Phi) is 3.79. The maximum atomic E-state index is 8.85. The smallest absolute Gasteiger partial charge is 0.137 e. The lowest BCUT2D eigenvalue weighted by Gasteiger charge is -2.40. The molecule has 116 valence electrons. The largest absolute Gasteiger partial charge is 0.352 e. The molecule has 0 aromatic heterocycles. The van der Waals surface area contributed by atoms with Gasteiger partial charge in [-0.1, -0.05) is 12.0 Å². The molecule has 0 amide bonds. The van der Waals surface area contributed by atoms with Crippen molar-refractivity contribution in [3.05, 3.63) is 45.1 Å². The summed E-state index contributed by atoms with van der Waals surface area (Å²) in [6.07, 6.45) is 4.73. The van der Waals surface area contributed by atoms with Crippen LogP contribution in [-0.4, -0.2) is 47.9 Å². The second-order valence-corrected chi connectivity index (χ2v) is 5.39. The third-order valence-electron chi connectivity index (χ3n) is 3.89. The Hall–Kier alpha value is -2.44. The molecule has 0 aromatic rings. The van der Waals surface area contributed by atoms with Gasteiger partial charge in [-0.15, -0.1) is 0 Å². The van der Waals surface area contributed by atoms with Gasteiger partial charge in [0.25, 0.3) is 0 Å². The number of rotatable bonds is 4. The van der Waals surface area contributed by atoms with Crippen LogP contribution >= 0.6 is 0 Å². The highest BCUT2D eigenvalue weighted by Gasteiger charge is 2.35. The van der Waals surface area contributed by atoms with Crippen molar-refractivity contribution in [3.8, 4) is 0 Å². The Morgan fingerprint density at radius 3 is 3.00 bits per heavy atom. The summed E-state index contributed by atoms with van der Waals surface area (Å²) in [5.41, 5.74) is 12.2. The van der Waals surface area contributed by atoms with Gasteiger partial charge in [-0.2, -0.15) is 0 Å². The second-order valence-electron chi connectivity index (χ2n) is 5.39. The summed E-state index contributed by atoms with van der Waals surface area (Å²) in [6, 6.07) is 0. The Morgan fingerprint density at radius 1 is 1.50 bits per heavy atom. The SMILES string of the molecule is CCCN1CC(C)=C(N=[N+]=[N-])C2=C1N1CN(OC)C=C1C=N2. The highest BCUT2D eigenvalue weighted by Crippen LogP contribution is 2.37. The Bertz CT molecular complexity index is 654. The predicted molar refractivity (Wildman–Crippen MR) is 82.9 cm³/mol. The number of nitrogens with zero attached hydrogens (tertiary/aromatic N) is 7. The van der Waals surface area contributed by atoms with Gasteiger partial charge >= 0.3 is 0 Å². The van der Waals surface area contributed by atoms with Crippen molar-refractivity contribution in [2.45, 2.75) is 20.3 Å². The zero-order chi connectivity index (χ0) is 15.7. The van der Waals surface area contributed by atoms with Gasteiger partial charge in [-0.25, -0.2) is 5.06 Å². The van der Waals surface area contributed by atoms with Gasteiger partial charge in [0, 0.05) is 18.0 Å². The normalized spacial score (nSPS) is 20.1. The van der Waals surface area contributed by atoms with Crippen LogP contribution in [0.5, 0.6) is 0 Å². The molecule has 8 nitrogen and oxygen atoms in total. The second kappa shape index (κ2) is 5.75. The maximum absolute atomic E-state index is 8.85. The summed E-state index contributed by atoms with van der Waals surface area (Å²) in [4.78, 5) is 17.2. The van der Waals surface area contributed by atoms with E-state index in [2.05, 4.69) is 31.7 Å². The standard InChI is InChI=1S/C14H19N7O/c1-4-5-19-7-10(2)12(17-18-15)13-14(19)21-9-20(22-3)8-11(21)6-16-13/h6,8H,4-5,7,9H2,1-3H3. The molecule has 0 unspecified atom stereocenters. The summed E-state index contributed by atoms with van der Waals surface area (Å²) in [6.45, 7) is 6.40. The minimum atomic E-state index is 0.597. The highest BCUT2D eigenvalue weighted by atomic mass is 16.7. The lowest BCUT2D eigenvalue weighted by molar-refractivity contribution is -0.0971. The van der Waals surface area contributed by atoms with Gasteiger partial charge in [0.05, 0.1) is 30.9 Å². The van der Waals surface area contributed by atoms with Crippen molar-refractivity contribution >= 4 is 6.21 Å². The summed E-state index contributed by atoms with van der Waals surface area (Å²) >= 11 is 0. The molecular weight excluding hydrogens is 282 g/mol. The van der Waals surface area contributed by atoms with Gasteiger partial charge in [-0.05, 0) is 24.4 Å². The molecule has 0 spiro atoms. The number of hydrogen-bond acceptors (Lipinski definition) is 6. The fraction of sp³-hybridized carbons (Fsp3) is 0.500. The molecule has 0 aliphatic carbocycles. The van der Waals surface area contributed by atoms with Gasteiger partial charge in [0.15, 0.2) is 0 Å². The number of aliphatic imine (C=N–C) groups is 1. The number of hydrogen-bond donors (Lipinski definition) is 0. The van der Waals surface area contributed by atoms with Crippen LogP contribution < -0.4 is 0 Å². The molecule has 0 fully saturated rings. The van der Waals surface area contributed by atoms with E-state index >= 15 is 0 Å². The topological polar surface area (TPSA) is 80.1 Å². The first-order chi connectivity index (χ1) is 10.7. The van der Waals surface area contributed by atoms with E-state index in [4.69, 9.17) is 10.4 Å². The molecule has 0 saturated heterocycles. The van der Waals surface area contributed by atoms with Gasteiger partial charge in [0.1, 0.15) is 18.2 Å². The van der Waals surface area contributed by atoms with Crippen LogP contribution in [-0.2, 0) is 4.84 Å². The van der Waals surface area contributed by atoms with E-state index in [-0.39, 0.29) is 0 Å². The average Bonchev–Trinajstić information content (AvgIpc) is 2.94. The fourth-order valence-corrected chi connectivity index (χ4v) is 2.96. The van der Waals surface area contributed by atoms with Crippen LogP contribution in [0.4, 0.5) is 0 Å². The molecule has 3 aliphatic heterocycles. The van der Waals surface area contributed by atoms with Crippen molar-refractivity contribution in [1.82, 2.24) is 14.9 Å². The molecule has 3 aliphatic rings. The van der Waals surface area contributed by atoms with Crippen LogP contribution in [0.25, 0.3) is 10.4 Å². The van der Waals surface area contributed by atoms with Gasteiger partial charge in [0.2, 0.25) is 0 Å². The summed E-state index contributed by atoms with van der Waals surface area (Å²) in [5.74, 6) is 0.989. The third kappa shape index (κ3) is 2.22. The third-order valence-corrected chi connectivity index (χ3v) is 3.89. The van der Waals surface area contributed by atoms with E-state index < -0.39 is 0 Å². The fourth-order valence-electron chi connectivity index (χ4n) is 2.96. The lowest BCUT2D eigenvalue weighted by Crippen LogP contribution is -2.42. The minimum absolute atomic E-state index is 0.597. The van der Waals surface area contributed by atoms with Crippen LogP contribution in [0.3, 0.4) is 0 Å². The van der Waals surface area contributed by atoms with Gasteiger partial charge < -0.3 is 9.80 Å². The molecule has 8 heteroatoms. The summed E-state index contributed by atoms with van der Waals surface area (Å²) in [5, 5.41) is 5.62. The Balaban J connectivity index is 2.08. The highest BCUT2D eigenvalue weighted by molar-refractivity contribution is 5.82. The molecule has 3 rings (SSSR count). The first-order valence-electron chi connectivity index (χ1n) is 7.28. The zero-order valence-corrected chi connectivity index (χ0v) is 13.0. The molecule has 0 N–H and O–H groups in total. The summed E-state index contributed by atoms with van der Waals surface area (Å²) < 4.78 is 0. The summed E-state index contributed by atoms with van der Waals surface area (Å²) in [7, 11) is 1.64. The van der Waals surface area contributed by atoms with Crippen molar-refractivity contribution in [3.63, 3.8) is 0 Å². The van der Waals surface area contributed by atoms with E-state index in [0.717, 1.165) is 42.3 Å². The van der Waals surface area contributed by atoms with Crippen LogP contribution in [0.1, 0.15) is 20.3 Å². The van der Waals surface area contributed by atoms with E-state index in [1.807, 2.05) is 13.1 Å². The van der Waals surface area contributed by atoms with Crippen LogP contribution in [0, 0.1) is 0 Å². The van der Waals surface area contributed by atoms with Crippen molar-refractivity contribution in [2.24, 2.45) is 10.1 Å². The van der Waals surface area contributed by atoms with Crippen LogP contribution in [0.15, 0.2) is 44.8 Å². The minimum Gasteiger partial charge on any atom is -0.352 e. The quantitative estimate of drug-likeness (QED) is 0.454. The molecule has 0 atom stereocenters. The van der Waals surface area contributed by atoms with Gasteiger partial charge in [-0.3, -0.25) is 9.83 Å². The molecule has 22 heavy (non-hydrogen) atoms. The maximum Gasteiger partial charge on any atom is 0.137 e. The molecule has 0 aromatic carbocycles. The molecule has 0 bridgehead atoms. The lowest BCUT2D eigenvalue weighted by atomic mass is 10.1. The number of hydroxylamine groups is 2. The van der Waals surface area contributed by atoms with Crippen molar-refractivity contribution in [1.29, 1.82) is 0 Å². The first kappa shape index (κ1) is 14.5. The molecule has 0 saturated carbocycles. The number of azide groups is 1. The number of allylic oxidation sites excluding steroid dienone is 1. The van der Waals surface area contributed by atoms with Crippen molar-refractivity contribution in [2.75, 3.05) is 26.9 Å². The van der Waals surface area contributed by atoms with E-state index in [9.17, 15) is 0 Å². The zero-order valence-electron chi connectivity index (χ0n) is 13.0. The molecule has 3 heterocycles. The monoisotopic (exact) mass is 301 g/mol. The average molecular weight is 301 g/mol. The molecular formula is C14H19N7O. The molecule has 0 radical (unpaired) electrons. The van der Waals surface area contributed by atoms with E-state index in [0.29, 0.717) is 12.4 Å². The van der Waals surface area contributed by atoms with E-state index in [1.165, 1.54) is 0 Å².